The smallest absolute Gasteiger partial charge is 0.330 e. The van der Waals surface area contributed by atoms with Gasteiger partial charge in [0, 0.05) is 0 Å². The van der Waals surface area contributed by atoms with E-state index in [0.717, 1.165) is 0 Å². The fourth-order valence-electron chi connectivity index (χ4n) is 1.22. The van der Waals surface area contributed by atoms with Crippen LogP contribution >= 0.6 is 8.60 Å². The van der Waals surface area contributed by atoms with Gasteiger partial charge in [0.05, 0.1) is 0 Å². The van der Waals surface area contributed by atoms with Gasteiger partial charge in [0.1, 0.15) is 5.82 Å². The zero-order chi connectivity index (χ0) is 14.4. The number of nitrogens with two attached hydrogens (primary N) is 1. The van der Waals surface area contributed by atoms with Crippen LogP contribution in [0.4, 0.5) is 0 Å². The maximum Gasteiger partial charge on any atom is 0.330 e. The predicted molar refractivity (Wildman–Crippen MR) is 68.2 cm³/mol. The molecule has 0 radical (unpaired) electrons. The molecule has 0 bridgehead atoms. The number of rotatable bonds is 3. The molecule has 1 aliphatic heterocycles. The van der Waals surface area contributed by atoms with Gasteiger partial charge < -0.3 is 20.3 Å². The van der Waals surface area contributed by atoms with Crippen molar-refractivity contribution in [2.24, 2.45) is 10.7 Å². The third kappa shape index (κ3) is 4.08. The van der Waals surface area contributed by atoms with Crippen LogP contribution in [-0.2, 0) is 9.26 Å². The van der Waals surface area contributed by atoms with E-state index in [1.807, 2.05) is 13.8 Å². The molecule has 2 heterocycles. The molecule has 2 rings (SSSR count). The first-order chi connectivity index (χ1) is 9.08. The molecular weight excluding hydrogens is 275 g/mol. The van der Waals surface area contributed by atoms with E-state index in [1.54, 1.807) is 6.92 Å². The summed E-state index contributed by atoms with van der Waals surface area (Å²) in [5.41, 5.74) is 8.47. The lowest BCUT2D eigenvalue weighted by Crippen LogP contribution is -2.35. The van der Waals surface area contributed by atoms with Gasteiger partial charge in [-0.1, -0.05) is 13.8 Å². The standard InChI is InChI=1S/C6H11N6O4P.C2H6/c1-3-9-10-5-4(7)8-6(11-12(3)5)15-2-16-17(13)14;1-2/h4,13-14H,2,7H2,1H3,(H,8,11);1-2H3. The highest BCUT2D eigenvalue weighted by molar-refractivity contribution is 7.39. The summed E-state index contributed by atoms with van der Waals surface area (Å²) >= 11 is 0. The second-order valence-electron chi connectivity index (χ2n) is 3.08. The van der Waals surface area contributed by atoms with Gasteiger partial charge in [0.2, 0.25) is 6.79 Å². The molecule has 1 aromatic heterocycles. The van der Waals surface area contributed by atoms with Gasteiger partial charge in [0.25, 0.3) is 0 Å². The Kier molecular flexibility index (Phi) is 6.06. The SMILES string of the molecule is CC.Cc1nnc2n1NC(OCOP(O)O)=NC2N. The number of aliphatic imine (C=N–C) groups is 1. The lowest BCUT2D eigenvalue weighted by atomic mass is 10.5. The Morgan fingerprint density at radius 2 is 2.11 bits per heavy atom. The fourth-order valence-corrected chi connectivity index (χ4v) is 1.36. The van der Waals surface area contributed by atoms with Gasteiger partial charge in [-0.05, 0) is 6.92 Å². The first-order valence-electron chi connectivity index (χ1n) is 5.54. The molecule has 1 unspecified atom stereocenters. The molecule has 1 aromatic rings. The zero-order valence-corrected chi connectivity index (χ0v) is 11.7. The number of amidine groups is 1. The van der Waals surface area contributed by atoms with Crippen LogP contribution in [0.1, 0.15) is 31.7 Å². The number of ether oxygens (including phenoxy) is 1. The summed E-state index contributed by atoms with van der Waals surface area (Å²) < 4.78 is 11.0. The molecule has 11 heteroatoms. The monoisotopic (exact) mass is 292 g/mol. The predicted octanol–water partition coefficient (Wildman–Crippen LogP) is -0.315. The molecule has 5 N–H and O–H groups in total. The molecular formula is C8H17N6O4P. The second kappa shape index (κ2) is 7.31. The molecule has 0 saturated heterocycles. The van der Waals surface area contributed by atoms with Crippen molar-refractivity contribution >= 4 is 14.6 Å². The first-order valence-corrected chi connectivity index (χ1v) is 6.70. The summed E-state index contributed by atoms with van der Waals surface area (Å²) in [4.78, 5) is 21.0. The van der Waals surface area contributed by atoms with Gasteiger partial charge in [-0.2, -0.15) is 0 Å². The molecule has 0 saturated carbocycles. The molecule has 10 nitrogen and oxygen atoms in total. The fraction of sp³-hybridized carbons (Fsp3) is 0.625. The number of hydrogen-bond donors (Lipinski definition) is 4. The van der Waals surface area contributed by atoms with Gasteiger partial charge >= 0.3 is 14.6 Å². The van der Waals surface area contributed by atoms with E-state index in [4.69, 9.17) is 20.3 Å². The molecule has 0 fully saturated rings. The number of aryl methyl sites for hydroxylation is 1. The zero-order valence-electron chi connectivity index (χ0n) is 10.8. The number of aromatic nitrogens is 3. The van der Waals surface area contributed by atoms with Crippen molar-refractivity contribution in [3.8, 4) is 0 Å². The highest BCUT2D eigenvalue weighted by Gasteiger charge is 2.23. The lowest BCUT2D eigenvalue weighted by molar-refractivity contribution is 0.0927. The molecule has 1 atom stereocenters. The number of fused-ring (bicyclic) bond motifs is 1. The van der Waals surface area contributed by atoms with Gasteiger partial charge in [-0.15, -0.1) is 10.2 Å². The third-order valence-electron chi connectivity index (χ3n) is 1.94. The maximum absolute atomic E-state index is 8.51. The van der Waals surface area contributed by atoms with Gasteiger partial charge in [0.15, 0.2) is 12.0 Å². The van der Waals surface area contributed by atoms with Crippen LogP contribution in [0.25, 0.3) is 0 Å². The highest BCUT2D eigenvalue weighted by atomic mass is 31.2. The summed E-state index contributed by atoms with van der Waals surface area (Å²) in [6.07, 6.45) is -0.697. The van der Waals surface area contributed by atoms with E-state index in [1.165, 1.54) is 4.68 Å². The van der Waals surface area contributed by atoms with Crippen LogP contribution in [0.3, 0.4) is 0 Å². The quantitative estimate of drug-likeness (QED) is 0.439. The van der Waals surface area contributed by atoms with Crippen LogP contribution in [-0.4, -0.2) is 37.5 Å². The van der Waals surface area contributed by atoms with Crippen molar-refractivity contribution in [3.05, 3.63) is 11.6 Å². The molecule has 0 aliphatic carbocycles. The van der Waals surface area contributed by atoms with E-state index in [2.05, 4.69) is 25.1 Å². The number of nitrogens with one attached hydrogen (secondary N) is 1. The number of nitrogens with zero attached hydrogens (tertiary/aromatic N) is 4. The van der Waals surface area contributed by atoms with Crippen LogP contribution in [0.2, 0.25) is 0 Å². The maximum atomic E-state index is 8.51. The summed E-state index contributed by atoms with van der Waals surface area (Å²) in [5.74, 6) is 1.06. The second-order valence-corrected chi connectivity index (χ2v) is 3.84. The molecule has 0 amide bonds. The first kappa shape index (κ1) is 15.7. The molecule has 0 spiro atoms. The van der Waals surface area contributed by atoms with E-state index < -0.39 is 14.8 Å². The van der Waals surface area contributed by atoms with Crippen LogP contribution in [0, 0.1) is 6.92 Å². The minimum Gasteiger partial charge on any atom is -0.436 e. The van der Waals surface area contributed by atoms with E-state index >= 15 is 0 Å². The van der Waals surface area contributed by atoms with Crippen LogP contribution in [0.5, 0.6) is 0 Å². The van der Waals surface area contributed by atoms with Crippen molar-refractivity contribution in [3.63, 3.8) is 0 Å². The molecule has 19 heavy (non-hydrogen) atoms. The summed E-state index contributed by atoms with van der Waals surface area (Å²) in [6, 6.07) is 0.0877. The average molecular weight is 292 g/mol. The Morgan fingerprint density at radius 3 is 2.74 bits per heavy atom. The van der Waals surface area contributed by atoms with Crippen molar-refractivity contribution in [1.29, 1.82) is 0 Å². The lowest BCUT2D eigenvalue weighted by Gasteiger charge is -2.20. The van der Waals surface area contributed by atoms with E-state index in [0.29, 0.717) is 11.6 Å². The van der Waals surface area contributed by atoms with Crippen molar-refractivity contribution in [2.75, 3.05) is 12.2 Å². The molecule has 0 aromatic carbocycles. The third-order valence-corrected chi connectivity index (χ3v) is 2.28. The summed E-state index contributed by atoms with van der Waals surface area (Å²) in [7, 11) is -2.46. The normalized spacial score (nSPS) is 17.0. The molecule has 108 valence electrons. The van der Waals surface area contributed by atoms with Crippen molar-refractivity contribution in [1.82, 2.24) is 14.9 Å². The Hall–Kier alpha value is -1.32. The summed E-state index contributed by atoms with van der Waals surface area (Å²) in [5, 5.41) is 7.66. The Morgan fingerprint density at radius 1 is 1.42 bits per heavy atom. The minimum absolute atomic E-state index is 0.0877. The number of hydrogen-bond acceptors (Lipinski definition) is 9. The van der Waals surface area contributed by atoms with Crippen LogP contribution in [0.15, 0.2) is 4.99 Å². The minimum atomic E-state index is -2.46. The Bertz CT molecular complexity index is 437. The highest BCUT2D eigenvalue weighted by Crippen LogP contribution is 2.23. The van der Waals surface area contributed by atoms with Crippen LogP contribution < -0.4 is 11.2 Å². The molecule has 1 aliphatic rings. The Labute approximate surface area is 111 Å². The van der Waals surface area contributed by atoms with E-state index in [9.17, 15) is 0 Å². The van der Waals surface area contributed by atoms with Crippen molar-refractivity contribution in [2.45, 2.75) is 26.9 Å². The van der Waals surface area contributed by atoms with Crippen molar-refractivity contribution < 1.29 is 19.0 Å². The average Bonchev–Trinajstić information content (AvgIpc) is 2.74. The largest absolute Gasteiger partial charge is 0.436 e. The van der Waals surface area contributed by atoms with E-state index in [-0.39, 0.29) is 12.8 Å². The van der Waals surface area contributed by atoms with Gasteiger partial charge in [-0.3, -0.25) is 4.52 Å². The summed E-state index contributed by atoms with van der Waals surface area (Å²) in [6.45, 7) is 5.38. The van der Waals surface area contributed by atoms with Gasteiger partial charge in [-0.25, -0.2) is 15.1 Å². The Balaban J connectivity index is 0.000000861. The topological polar surface area (TPSA) is 140 Å².